The van der Waals surface area contributed by atoms with Crippen molar-refractivity contribution in [3.8, 4) is 22.3 Å². The summed E-state index contributed by atoms with van der Waals surface area (Å²) < 4.78 is 6.11. The molecule has 2 aromatic heterocycles. The number of pyridine rings is 1. The molecular weight excluding hydrogens is 512 g/mol. The van der Waals surface area contributed by atoms with Gasteiger partial charge in [0.2, 0.25) is 0 Å². The zero-order chi connectivity index (χ0) is 27.9. The van der Waals surface area contributed by atoms with Crippen LogP contribution in [0.4, 0.5) is 17.1 Å². The minimum Gasteiger partial charge on any atom is -0.454 e. The van der Waals surface area contributed by atoms with Gasteiger partial charge in [-0.15, -0.1) is 0 Å². The highest BCUT2D eigenvalue weighted by atomic mass is 16.3. The Bertz CT molecular complexity index is 2120. The number of fused-ring (bicyclic) bond motifs is 5. The van der Waals surface area contributed by atoms with Crippen LogP contribution in [0.3, 0.4) is 0 Å². The fourth-order valence-corrected chi connectivity index (χ4v) is 5.90. The molecule has 0 aliphatic heterocycles. The molecule has 6 aromatic carbocycles. The summed E-state index contributed by atoms with van der Waals surface area (Å²) in [6.07, 6.45) is 1.83. The first-order chi connectivity index (χ1) is 20.8. The Morgan fingerprint density at radius 1 is 0.452 bits per heavy atom. The summed E-state index contributed by atoms with van der Waals surface area (Å²) in [5.74, 6) is 0. The Hall–Kier alpha value is -5.67. The van der Waals surface area contributed by atoms with Gasteiger partial charge in [0, 0.05) is 23.3 Å². The van der Waals surface area contributed by atoms with Gasteiger partial charge in [0.1, 0.15) is 11.1 Å². The maximum absolute atomic E-state index is 6.11. The second-order valence-electron chi connectivity index (χ2n) is 10.5. The molecule has 2 heterocycles. The fraction of sp³-hybridized carbons (Fsp3) is 0. The zero-order valence-corrected chi connectivity index (χ0v) is 22.8. The number of hydrogen-bond acceptors (Lipinski definition) is 3. The Kier molecular flexibility index (Phi) is 5.79. The minimum atomic E-state index is 0.807. The van der Waals surface area contributed by atoms with Crippen molar-refractivity contribution in [3.63, 3.8) is 0 Å². The van der Waals surface area contributed by atoms with E-state index in [1.54, 1.807) is 0 Å². The summed E-state index contributed by atoms with van der Waals surface area (Å²) in [6.45, 7) is 0. The number of furan rings is 1. The van der Waals surface area contributed by atoms with Crippen molar-refractivity contribution in [1.29, 1.82) is 0 Å². The van der Waals surface area contributed by atoms with E-state index in [-0.39, 0.29) is 0 Å². The standard InChI is InChI=1S/C39H26N2O/c1-3-10-27(11-4-1)29-14-7-16-32(24-29)41(33-17-8-15-30(25-33)28-12-5-2-6-13-28)34-20-21-35-31(26-34)19-22-36-38(35)39-37(42-36)18-9-23-40-39/h1-26H. The topological polar surface area (TPSA) is 29.3 Å². The summed E-state index contributed by atoms with van der Waals surface area (Å²) in [5.41, 5.74) is 10.6. The highest BCUT2D eigenvalue weighted by Crippen LogP contribution is 2.41. The van der Waals surface area contributed by atoms with Gasteiger partial charge in [-0.3, -0.25) is 4.98 Å². The van der Waals surface area contributed by atoms with Crippen molar-refractivity contribution in [2.24, 2.45) is 0 Å². The zero-order valence-electron chi connectivity index (χ0n) is 22.8. The molecule has 0 amide bonds. The molecule has 0 atom stereocenters. The normalized spacial score (nSPS) is 11.3. The van der Waals surface area contributed by atoms with E-state index in [9.17, 15) is 0 Å². The number of benzene rings is 6. The number of anilines is 3. The first kappa shape index (κ1) is 24.2. The molecule has 3 nitrogen and oxygen atoms in total. The van der Waals surface area contributed by atoms with Crippen molar-refractivity contribution in [1.82, 2.24) is 4.98 Å². The molecule has 0 bridgehead atoms. The van der Waals surface area contributed by atoms with E-state index in [0.29, 0.717) is 0 Å². The Morgan fingerprint density at radius 2 is 1.07 bits per heavy atom. The molecule has 42 heavy (non-hydrogen) atoms. The van der Waals surface area contributed by atoms with E-state index < -0.39 is 0 Å². The summed E-state index contributed by atoms with van der Waals surface area (Å²) >= 11 is 0. The number of aromatic nitrogens is 1. The molecule has 0 fully saturated rings. The van der Waals surface area contributed by atoms with Gasteiger partial charge in [0.25, 0.3) is 0 Å². The predicted octanol–water partition coefficient (Wildman–Crippen LogP) is 10.9. The van der Waals surface area contributed by atoms with Crippen LogP contribution in [-0.2, 0) is 0 Å². The lowest BCUT2D eigenvalue weighted by molar-refractivity contribution is 0.668. The van der Waals surface area contributed by atoms with Crippen LogP contribution in [0.2, 0.25) is 0 Å². The summed E-state index contributed by atoms with van der Waals surface area (Å²) in [4.78, 5) is 6.99. The summed E-state index contributed by atoms with van der Waals surface area (Å²) in [6, 6.07) is 53.4. The first-order valence-corrected chi connectivity index (χ1v) is 14.1. The maximum Gasteiger partial charge on any atom is 0.153 e. The third-order valence-corrected chi connectivity index (χ3v) is 7.87. The van der Waals surface area contributed by atoms with E-state index in [2.05, 4.69) is 149 Å². The number of nitrogens with zero attached hydrogens (tertiary/aromatic N) is 2. The van der Waals surface area contributed by atoms with Gasteiger partial charge in [-0.2, -0.15) is 0 Å². The van der Waals surface area contributed by atoms with Crippen LogP contribution in [0.5, 0.6) is 0 Å². The molecular formula is C39H26N2O. The lowest BCUT2D eigenvalue weighted by Crippen LogP contribution is -2.10. The third kappa shape index (κ3) is 4.20. The molecule has 0 spiro atoms. The van der Waals surface area contributed by atoms with Gasteiger partial charge >= 0.3 is 0 Å². The van der Waals surface area contributed by atoms with Crippen LogP contribution in [0.15, 0.2) is 162 Å². The van der Waals surface area contributed by atoms with Crippen LogP contribution < -0.4 is 4.90 Å². The van der Waals surface area contributed by atoms with Crippen molar-refractivity contribution in [2.75, 3.05) is 4.90 Å². The van der Waals surface area contributed by atoms with Gasteiger partial charge in [0.15, 0.2) is 5.58 Å². The van der Waals surface area contributed by atoms with Gasteiger partial charge in [0.05, 0.1) is 5.39 Å². The first-order valence-electron chi connectivity index (χ1n) is 14.1. The summed E-state index contributed by atoms with van der Waals surface area (Å²) in [5, 5.41) is 3.32. The van der Waals surface area contributed by atoms with Crippen molar-refractivity contribution in [2.45, 2.75) is 0 Å². The van der Waals surface area contributed by atoms with E-state index in [1.165, 1.54) is 22.3 Å². The van der Waals surface area contributed by atoms with Crippen LogP contribution in [-0.4, -0.2) is 4.98 Å². The Labute approximate surface area is 243 Å². The van der Waals surface area contributed by atoms with Crippen LogP contribution in [0.1, 0.15) is 0 Å². The molecule has 198 valence electrons. The molecule has 0 aliphatic carbocycles. The van der Waals surface area contributed by atoms with Gasteiger partial charge in [-0.05, 0) is 87.6 Å². The van der Waals surface area contributed by atoms with Gasteiger partial charge in [-0.25, -0.2) is 0 Å². The SMILES string of the molecule is c1ccc(-c2cccc(N(c3cccc(-c4ccccc4)c3)c3ccc4c(ccc5oc6cccnc6c54)c3)c2)cc1. The number of hydrogen-bond donors (Lipinski definition) is 0. The summed E-state index contributed by atoms with van der Waals surface area (Å²) in [7, 11) is 0. The van der Waals surface area contributed by atoms with Crippen molar-refractivity contribution in [3.05, 3.63) is 158 Å². The van der Waals surface area contributed by atoms with Crippen molar-refractivity contribution >= 4 is 49.9 Å². The molecule has 0 aliphatic rings. The molecule has 0 saturated carbocycles. The quantitative estimate of drug-likeness (QED) is 0.218. The van der Waals surface area contributed by atoms with Crippen LogP contribution >= 0.6 is 0 Å². The van der Waals surface area contributed by atoms with Gasteiger partial charge < -0.3 is 9.32 Å². The molecule has 0 radical (unpaired) electrons. The van der Waals surface area contributed by atoms with Gasteiger partial charge in [-0.1, -0.05) is 97.1 Å². The highest BCUT2D eigenvalue weighted by Gasteiger charge is 2.17. The van der Waals surface area contributed by atoms with E-state index in [4.69, 9.17) is 4.42 Å². The highest BCUT2D eigenvalue weighted by molar-refractivity contribution is 6.17. The largest absolute Gasteiger partial charge is 0.454 e. The smallest absolute Gasteiger partial charge is 0.153 e. The lowest BCUT2D eigenvalue weighted by Gasteiger charge is -2.27. The maximum atomic E-state index is 6.11. The average Bonchev–Trinajstić information content (AvgIpc) is 3.45. The van der Waals surface area contributed by atoms with E-state index in [0.717, 1.165) is 49.9 Å². The fourth-order valence-electron chi connectivity index (χ4n) is 5.90. The second-order valence-corrected chi connectivity index (χ2v) is 10.5. The molecule has 0 N–H and O–H groups in total. The minimum absolute atomic E-state index is 0.807. The predicted molar refractivity (Wildman–Crippen MR) is 175 cm³/mol. The molecule has 0 saturated heterocycles. The van der Waals surface area contributed by atoms with Crippen LogP contribution in [0, 0.1) is 0 Å². The lowest BCUT2D eigenvalue weighted by atomic mass is 10.0. The monoisotopic (exact) mass is 538 g/mol. The average molecular weight is 539 g/mol. The molecule has 8 aromatic rings. The number of rotatable bonds is 5. The molecule has 8 rings (SSSR count). The third-order valence-electron chi connectivity index (χ3n) is 7.87. The molecule has 0 unspecified atom stereocenters. The Balaban J connectivity index is 1.33. The van der Waals surface area contributed by atoms with Crippen LogP contribution in [0.25, 0.3) is 55.1 Å². The van der Waals surface area contributed by atoms with Crippen molar-refractivity contribution < 1.29 is 4.42 Å². The van der Waals surface area contributed by atoms with E-state index in [1.807, 2.05) is 18.3 Å². The van der Waals surface area contributed by atoms with E-state index >= 15 is 0 Å². The molecule has 3 heteroatoms. The Morgan fingerprint density at radius 3 is 1.74 bits per heavy atom. The second kappa shape index (κ2) is 10.1.